The molecule has 3 aromatic rings. The van der Waals surface area contributed by atoms with E-state index in [4.69, 9.17) is 18.6 Å². The van der Waals surface area contributed by atoms with Gasteiger partial charge in [0.2, 0.25) is 23.2 Å². The number of aliphatic hydroxyl groups excluding tert-OH is 4. The zero-order valence-electron chi connectivity index (χ0n) is 17.7. The van der Waals surface area contributed by atoms with E-state index >= 15 is 0 Å². The molecule has 12 heteroatoms. The maximum atomic E-state index is 12.9. The Hall–Kier alpha value is -3.55. The molecule has 1 fully saturated rings. The number of hydrogen-bond donors (Lipinski definition) is 7. The molecule has 182 valence electrons. The number of methoxy groups -OCH3 is 1. The van der Waals surface area contributed by atoms with E-state index in [1.54, 1.807) is 0 Å². The van der Waals surface area contributed by atoms with Crippen LogP contribution in [0.4, 0.5) is 0 Å². The Bertz CT molecular complexity index is 1250. The second kappa shape index (κ2) is 9.00. The van der Waals surface area contributed by atoms with Gasteiger partial charge >= 0.3 is 0 Å². The number of phenols is 2. The molecule has 1 aromatic heterocycles. The summed E-state index contributed by atoms with van der Waals surface area (Å²) in [5.74, 6) is -2.54. The molecule has 0 spiro atoms. The summed E-state index contributed by atoms with van der Waals surface area (Å²) in [5, 5.41) is 69.7. The predicted octanol–water partition coefficient (Wildman–Crippen LogP) is -0.236. The van der Waals surface area contributed by atoms with Crippen molar-refractivity contribution in [2.75, 3.05) is 13.7 Å². The van der Waals surface area contributed by atoms with Crippen molar-refractivity contribution >= 4 is 11.0 Å². The number of fused-ring (bicyclic) bond motifs is 1. The maximum Gasteiger partial charge on any atom is 0.238 e. The third-order valence-electron chi connectivity index (χ3n) is 5.49. The van der Waals surface area contributed by atoms with Gasteiger partial charge in [-0.2, -0.15) is 0 Å². The second-order valence-electron chi connectivity index (χ2n) is 7.60. The van der Waals surface area contributed by atoms with E-state index in [1.807, 2.05) is 0 Å². The minimum absolute atomic E-state index is 0.0410. The van der Waals surface area contributed by atoms with Gasteiger partial charge in [-0.25, -0.2) is 0 Å². The summed E-state index contributed by atoms with van der Waals surface area (Å²) >= 11 is 0. The van der Waals surface area contributed by atoms with Crippen LogP contribution < -0.4 is 14.9 Å². The summed E-state index contributed by atoms with van der Waals surface area (Å²) in [6, 6.07) is 6.67. The molecule has 2 heterocycles. The van der Waals surface area contributed by atoms with Crippen LogP contribution in [0.5, 0.6) is 28.7 Å². The Morgan fingerprint density at radius 3 is 2.26 bits per heavy atom. The van der Waals surface area contributed by atoms with Gasteiger partial charge in [-0.05, 0) is 24.3 Å². The molecule has 0 unspecified atom stereocenters. The first-order valence-electron chi connectivity index (χ1n) is 10.0. The molecule has 12 nitrogen and oxygen atoms in total. The van der Waals surface area contributed by atoms with E-state index in [1.165, 1.54) is 37.4 Å². The van der Waals surface area contributed by atoms with Gasteiger partial charge in [0.1, 0.15) is 41.1 Å². The minimum atomic E-state index is -1.79. The highest BCUT2D eigenvalue weighted by molar-refractivity contribution is 5.91. The van der Waals surface area contributed by atoms with Crippen LogP contribution in [0, 0.1) is 0 Å². The molecule has 0 saturated carbocycles. The second-order valence-corrected chi connectivity index (χ2v) is 7.60. The van der Waals surface area contributed by atoms with E-state index in [-0.39, 0.29) is 28.4 Å². The Morgan fingerprint density at radius 2 is 1.65 bits per heavy atom. The molecular formula is C22H22O12. The van der Waals surface area contributed by atoms with Crippen molar-refractivity contribution in [2.24, 2.45) is 0 Å². The Labute approximate surface area is 191 Å². The number of phenolic OH excluding ortho intramolecular Hbond substituents is 2. The molecule has 0 radical (unpaired) electrons. The molecule has 1 saturated heterocycles. The molecule has 34 heavy (non-hydrogen) atoms. The number of aromatic hydroxyl groups is 3. The standard InChI is InChI=1S/C22H22O12/c1-31-11-6-10-13(15(26)18(29)20(32-10)8-2-4-9(24)5-3-8)16(27)21(11)34-22-19(30)17(28)14(25)12(7-23)33-22/h2-6,12,14,17,19,22-25,27-30H,7H2,1H3/t12-,14-,17+,19-,22-/m1/s1. The normalized spacial score (nSPS) is 24.8. The average molecular weight is 478 g/mol. The van der Waals surface area contributed by atoms with Crippen molar-refractivity contribution in [3.63, 3.8) is 0 Å². The molecule has 5 atom stereocenters. The lowest BCUT2D eigenvalue weighted by atomic mass is 9.99. The lowest BCUT2D eigenvalue weighted by molar-refractivity contribution is -0.277. The first kappa shape index (κ1) is 23.6. The lowest BCUT2D eigenvalue weighted by Gasteiger charge is -2.39. The van der Waals surface area contributed by atoms with Crippen molar-refractivity contribution in [2.45, 2.75) is 30.7 Å². The number of hydrogen-bond acceptors (Lipinski definition) is 12. The summed E-state index contributed by atoms with van der Waals surface area (Å²) < 4.78 is 21.6. The molecule has 0 amide bonds. The number of rotatable bonds is 5. The van der Waals surface area contributed by atoms with E-state index < -0.39 is 65.4 Å². The van der Waals surface area contributed by atoms with Gasteiger partial charge < -0.3 is 54.4 Å². The van der Waals surface area contributed by atoms with Crippen LogP contribution in [0.1, 0.15) is 0 Å². The first-order chi connectivity index (χ1) is 16.2. The fraction of sp³-hybridized carbons (Fsp3) is 0.318. The lowest BCUT2D eigenvalue weighted by Crippen LogP contribution is -2.60. The Kier molecular flexibility index (Phi) is 6.25. The van der Waals surface area contributed by atoms with E-state index in [0.29, 0.717) is 0 Å². The highest BCUT2D eigenvalue weighted by atomic mass is 16.7. The van der Waals surface area contributed by atoms with Crippen molar-refractivity contribution in [1.82, 2.24) is 0 Å². The van der Waals surface area contributed by atoms with E-state index in [0.717, 1.165) is 0 Å². The van der Waals surface area contributed by atoms with Crippen molar-refractivity contribution < 1.29 is 54.4 Å². The molecular weight excluding hydrogens is 456 g/mol. The molecule has 2 aromatic carbocycles. The van der Waals surface area contributed by atoms with Crippen molar-refractivity contribution in [3.8, 4) is 40.1 Å². The zero-order chi connectivity index (χ0) is 24.7. The van der Waals surface area contributed by atoms with Gasteiger partial charge in [0.15, 0.2) is 17.3 Å². The van der Waals surface area contributed by atoms with Gasteiger partial charge in [-0.1, -0.05) is 0 Å². The van der Waals surface area contributed by atoms with Crippen LogP contribution in [0.2, 0.25) is 0 Å². The quantitative estimate of drug-likeness (QED) is 0.254. The number of ether oxygens (including phenoxy) is 3. The summed E-state index contributed by atoms with van der Waals surface area (Å²) in [4.78, 5) is 12.9. The van der Waals surface area contributed by atoms with E-state index in [9.17, 15) is 40.5 Å². The van der Waals surface area contributed by atoms with Gasteiger partial charge in [-0.3, -0.25) is 4.79 Å². The topological polar surface area (TPSA) is 200 Å². The first-order valence-corrected chi connectivity index (χ1v) is 10.0. The third kappa shape index (κ3) is 3.87. The predicted molar refractivity (Wildman–Crippen MR) is 114 cm³/mol. The molecule has 7 N–H and O–H groups in total. The average Bonchev–Trinajstić information content (AvgIpc) is 2.83. The smallest absolute Gasteiger partial charge is 0.238 e. The monoisotopic (exact) mass is 478 g/mol. The number of benzene rings is 2. The van der Waals surface area contributed by atoms with Crippen molar-refractivity contribution in [3.05, 3.63) is 40.6 Å². The fourth-order valence-corrected chi connectivity index (χ4v) is 3.64. The zero-order valence-corrected chi connectivity index (χ0v) is 17.7. The highest BCUT2D eigenvalue weighted by Gasteiger charge is 2.45. The highest BCUT2D eigenvalue weighted by Crippen LogP contribution is 2.45. The van der Waals surface area contributed by atoms with Crippen LogP contribution in [0.15, 0.2) is 39.5 Å². The van der Waals surface area contributed by atoms with Crippen LogP contribution in [0.3, 0.4) is 0 Å². The molecule has 4 rings (SSSR count). The van der Waals surface area contributed by atoms with Gasteiger partial charge in [0.05, 0.1) is 13.7 Å². The fourth-order valence-electron chi connectivity index (χ4n) is 3.64. The van der Waals surface area contributed by atoms with Gasteiger partial charge in [0.25, 0.3) is 0 Å². The molecule has 1 aliphatic rings. The summed E-state index contributed by atoms with van der Waals surface area (Å²) in [5.41, 5.74) is -0.918. The van der Waals surface area contributed by atoms with Crippen LogP contribution in [0.25, 0.3) is 22.3 Å². The summed E-state index contributed by atoms with van der Waals surface area (Å²) in [6.07, 6.45) is -8.12. The van der Waals surface area contributed by atoms with Crippen LogP contribution in [-0.2, 0) is 4.74 Å². The molecule has 0 bridgehead atoms. The minimum Gasteiger partial charge on any atom is -0.508 e. The largest absolute Gasteiger partial charge is 0.508 e. The van der Waals surface area contributed by atoms with Gasteiger partial charge in [0, 0.05) is 11.6 Å². The molecule has 1 aliphatic heterocycles. The van der Waals surface area contributed by atoms with Crippen LogP contribution >= 0.6 is 0 Å². The molecule has 0 aliphatic carbocycles. The number of aliphatic hydroxyl groups is 4. The summed E-state index contributed by atoms with van der Waals surface area (Å²) in [7, 11) is 1.22. The maximum absolute atomic E-state index is 12.9. The Balaban J connectivity index is 1.82. The van der Waals surface area contributed by atoms with Crippen molar-refractivity contribution in [1.29, 1.82) is 0 Å². The Morgan fingerprint density at radius 1 is 0.971 bits per heavy atom. The van der Waals surface area contributed by atoms with Crippen LogP contribution in [-0.4, -0.2) is 80.2 Å². The van der Waals surface area contributed by atoms with Gasteiger partial charge in [-0.15, -0.1) is 0 Å². The summed E-state index contributed by atoms with van der Waals surface area (Å²) in [6.45, 7) is -0.705. The SMILES string of the molecule is COc1cc2oc(-c3ccc(O)cc3)c(O)c(=O)c2c(O)c1O[C@H]1O[C@H](CO)[C@@H](O)[C@H](O)[C@H]1O. The third-order valence-corrected chi connectivity index (χ3v) is 5.49. The van der Waals surface area contributed by atoms with E-state index in [2.05, 4.69) is 0 Å².